The molecule has 0 aromatic carbocycles. The van der Waals surface area contributed by atoms with E-state index in [4.69, 9.17) is 4.74 Å². The lowest BCUT2D eigenvalue weighted by Gasteiger charge is -2.14. The smallest absolute Gasteiger partial charge is 0.191 e. The van der Waals surface area contributed by atoms with E-state index in [9.17, 15) is 0 Å². The molecule has 0 amide bonds. The fraction of sp³-hybridized carbons (Fsp3) is 0.889. The second-order valence-corrected chi connectivity index (χ2v) is 4.20. The van der Waals surface area contributed by atoms with Crippen LogP contribution >= 0.6 is 35.7 Å². The Kier molecular flexibility index (Phi) is 14.6. The Labute approximate surface area is 114 Å². The molecule has 2 N–H and O–H groups in total. The highest BCUT2D eigenvalue weighted by Gasteiger charge is 2.00. The molecule has 1 atom stereocenters. The molecule has 0 aromatic rings. The van der Waals surface area contributed by atoms with Gasteiger partial charge in [-0.05, 0) is 6.26 Å². The fourth-order valence-electron chi connectivity index (χ4n) is 0.816. The average molecular weight is 347 g/mol. The van der Waals surface area contributed by atoms with Crippen LogP contribution in [0.3, 0.4) is 0 Å². The lowest BCUT2D eigenvalue weighted by molar-refractivity contribution is 0.203. The lowest BCUT2D eigenvalue weighted by atomic mass is 10.5. The molecule has 0 saturated heterocycles. The van der Waals surface area contributed by atoms with Gasteiger partial charge < -0.3 is 15.4 Å². The van der Waals surface area contributed by atoms with Gasteiger partial charge in [-0.1, -0.05) is 6.92 Å². The van der Waals surface area contributed by atoms with Gasteiger partial charge in [-0.25, -0.2) is 0 Å². The number of nitrogens with zero attached hydrogens (tertiary/aromatic N) is 1. The zero-order valence-corrected chi connectivity index (χ0v) is 13.0. The third-order valence-corrected chi connectivity index (χ3v) is 2.75. The van der Waals surface area contributed by atoms with Crippen LogP contribution in [0.2, 0.25) is 0 Å². The van der Waals surface area contributed by atoms with E-state index >= 15 is 0 Å². The first-order valence-electron chi connectivity index (χ1n) is 4.70. The van der Waals surface area contributed by atoms with Crippen molar-refractivity contribution < 1.29 is 4.74 Å². The maximum absolute atomic E-state index is 4.93. The minimum absolute atomic E-state index is 0. The number of rotatable bonds is 6. The van der Waals surface area contributed by atoms with Crippen molar-refractivity contribution in [3.63, 3.8) is 0 Å². The molecule has 0 aromatic heterocycles. The third kappa shape index (κ3) is 10.6. The van der Waals surface area contributed by atoms with Crippen molar-refractivity contribution in [3.05, 3.63) is 0 Å². The normalized spacial score (nSPS) is 12.9. The summed E-state index contributed by atoms with van der Waals surface area (Å²) in [6.07, 6.45) is 2.10. The summed E-state index contributed by atoms with van der Waals surface area (Å²) in [7, 11) is 3.46. The van der Waals surface area contributed by atoms with Gasteiger partial charge in [-0.3, -0.25) is 4.99 Å². The van der Waals surface area contributed by atoms with Crippen molar-refractivity contribution in [3.8, 4) is 0 Å². The van der Waals surface area contributed by atoms with Crippen LogP contribution < -0.4 is 10.6 Å². The zero-order chi connectivity index (χ0) is 10.8. The van der Waals surface area contributed by atoms with Crippen LogP contribution in [0.15, 0.2) is 4.99 Å². The van der Waals surface area contributed by atoms with Crippen molar-refractivity contribution in [2.45, 2.75) is 12.2 Å². The minimum atomic E-state index is 0. The second kappa shape index (κ2) is 12.4. The van der Waals surface area contributed by atoms with E-state index in [-0.39, 0.29) is 24.0 Å². The molecule has 92 valence electrons. The number of aliphatic imine (C=N–C) groups is 1. The van der Waals surface area contributed by atoms with E-state index < -0.39 is 0 Å². The van der Waals surface area contributed by atoms with Crippen molar-refractivity contribution in [2.24, 2.45) is 4.99 Å². The number of methoxy groups -OCH3 is 1. The van der Waals surface area contributed by atoms with Gasteiger partial charge in [0.25, 0.3) is 0 Å². The number of nitrogens with one attached hydrogen (secondary N) is 2. The van der Waals surface area contributed by atoms with Crippen LogP contribution in [0.5, 0.6) is 0 Å². The number of hydrogen-bond acceptors (Lipinski definition) is 3. The maximum Gasteiger partial charge on any atom is 0.191 e. The summed E-state index contributed by atoms with van der Waals surface area (Å²) in [4.78, 5) is 4.10. The summed E-state index contributed by atoms with van der Waals surface area (Å²) in [5.74, 6) is 0.836. The van der Waals surface area contributed by atoms with Crippen molar-refractivity contribution in [1.82, 2.24) is 10.6 Å². The summed E-state index contributed by atoms with van der Waals surface area (Å²) < 4.78 is 4.93. The first-order valence-corrected chi connectivity index (χ1v) is 5.99. The van der Waals surface area contributed by atoms with Gasteiger partial charge in [-0.15, -0.1) is 24.0 Å². The van der Waals surface area contributed by atoms with E-state index in [1.807, 2.05) is 11.8 Å². The van der Waals surface area contributed by atoms with Crippen LogP contribution in [0.25, 0.3) is 0 Å². The van der Waals surface area contributed by atoms with Gasteiger partial charge in [0.05, 0.1) is 6.61 Å². The summed E-state index contributed by atoms with van der Waals surface area (Å²) in [6.45, 7) is 4.58. The van der Waals surface area contributed by atoms with Crippen LogP contribution in [0.4, 0.5) is 0 Å². The highest BCUT2D eigenvalue weighted by Crippen LogP contribution is 2.01. The largest absolute Gasteiger partial charge is 0.383 e. The maximum atomic E-state index is 4.93. The Morgan fingerprint density at radius 3 is 2.60 bits per heavy atom. The molecule has 4 nitrogen and oxygen atoms in total. The molecule has 0 spiro atoms. The Hall–Kier alpha value is 0.310. The molecular weight excluding hydrogens is 325 g/mol. The molecule has 0 aliphatic rings. The Morgan fingerprint density at radius 1 is 1.47 bits per heavy atom. The molecule has 0 aliphatic carbocycles. The predicted molar refractivity (Wildman–Crippen MR) is 79.6 cm³/mol. The lowest BCUT2D eigenvalue weighted by Crippen LogP contribution is -2.41. The van der Waals surface area contributed by atoms with E-state index in [0.29, 0.717) is 11.9 Å². The van der Waals surface area contributed by atoms with Gasteiger partial charge >= 0.3 is 0 Å². The summed E-state index contributed by atoms with van der Waals surface area (Å²) in [6, 6.07) is 0. The number of hydrogen-bond donors (Lipinski definition) is 2. The molecule has 0 rings (SSSR count). The van der Waals surface area contributed by atoms with E-state index in [2.05, 4.69) is 28.8 Å². The summed E-state index contributed by atoms with van der Waals surface area (Å²) in [5.41, 5.74) is 0. The number of ether oxygens (including phenoxy) is 1. The molecule has 0 bridgehead atoms. The summed E-state index contributed by atoms with van der Waals surface area (Å²) in [5, 5.41) is 6.99. The van der Waals surface area contributed by atoms with Crippen LogP contribution in [0, 0.1) is 0 Å². The molecular formula is C9H22IN3OS. The van der Waals surface area contributed by atoms with Crippen LogP contribution in [-0.2, 0) is 4.74 Å². The van der Waals surface area contributed by atoms with Gasteiger partial charge in [0.2, 0.25) is 0 Å². The van der Waals surface area contributed by atoms with E-state index in [1.165, 1.54) is 0 Å². The second-order valence-electron chi connectivity index (χ2n) is 2.92. The Morgan fingerprint density at radius 2 is 2.13 bits per heavy atom. The highest BCUT2D eigenvalue weighted by molar-refractivity contribution is 14.0. The van der Waals surface area contributed by atoms with Gasteiger partial charge in [0, 0.05) is 32.5 Å². The molecule has 0 aliphatic heterocycles. The first kappa shape index (κ1) is 17.7. The minimum Gasteiger partial charge on any atom is -0.383 e. The Balaban J connectivity index is 0. The van der Waals surface area contributed by atoms with Crippen LogP contribution in [-0.4, -0.2) is 51.3 Å². The highest BCUT2D eigenvalue weighted by atomic mass is 127. The zero-order valence-electron chi connectivity index (χ0n) is 9.87. The quantitative estimate of drug-likeness (QED) is 0.328. The molecule has 15 heavy (non-hydrogen) atoms. The standard InChI is InChI=1S/C9H21N3OS.HI/c1-8(14-4)7-12-9(10-2)11-5-6-13-3;/h8H,5-7H2,1-4H3,(H2,10,11,12);1H. The van der Waals surface area contributed by atoms with Crippen molar-refractivity contribution >= 4 is 41.7 Å². The monoisotopic (exact) mass is 347 g/mol. The predicted octanol–water partition coefficient (Wildman–Crippen LogP) is 1.17. The van der Waals surface area contributed by atoms with E-state index in [1.54, 1.807) is 14.2 Å². The average Bonchev–Trinajstić information content (AvgIpc) is 2.22. The molecule has 0 radical (unpaired) electrons. The van der Waals surface area contributed by atoms with Gasteiger partial charge in [0.1, 0.15) is 0 Å². The van der Waals surface area contributed by atoms with Crippen molar-refractivity contribution in [2.75, 3.05) is 40.1 Å². The summed E-state index contributed by atoms with van der Waals surface area (Å²) >= 11 is 1.84. The first-order chi connectivity index (χ1) is 6.74. The fourth-order valence-corrected chi connectivity index (χ4v) is 1.07. The SMILES string of the molecule is CN=C(NCCOC)NCC(C)SC.I. The number of guanidine groups is 1. The number of thioether (sulfide) groups is 1. The molecule has 0 heterocycles. The number of halogens is 1. The third-order valence-electron chi connectivity index (χ3n) is 1.78. The van der Waals surface area contributed by atoms with Gasteiger partial charge in [-0.2, -0.15) is 11.8 Å². The van der Waals surface area contributed by atoms with Gasteiger partial charge in [0.15, 0.2) is 5.96 Å². The topological polar surface area (TPSA) is 45.7 Å². The Bertz CT molecular complexity index is 169. The van der Waals surface area contributed by atoms with Crippen LogP contribution in [0.1, 0.15) is 6.92 Å². The molecule has 1 unspecified atom stereocenters. The molecule has 0 fully saturated rings. The molecule has 6 heteroatoms. The van der Waals surface area contributed by atoms with E-state index in [0.717, 1.165) is 19.0 Å². The van der Waals surface area contributed by atoms with Crippen molar-refractivity contribution in [1.29, 1.82) is 0 Å². The molecule has 0 saturated carbocycles.